The Labute approximate surface area is 92.0 Å². The zero-order valence-corrected chi connectivity index (χ0v) is 9.81. The number of nitrogens with one attached hydrogen (secondary N) is 2. The number of amides is 1. The first-order chi connectivity index (χ1) is 7.15. The molecule has 2 atom stereocenters. The Kier molecular flexibility index (Phi) is 3.01. The third-order valence-corrected chi connectivity index (χ3v) is 3.91. The van der Waals surface area contributed by atoms with Crippen molar-refractivity contribution in [3.8, 4) is 0 Å². The molecule has 2 rings (SSSR count). The number of hydrogen-bond donors (Lipinski definition) is 2. The van der Waals surface area contributed by atoms with E-state index in [1.807, 2.05) is 0 Å². The molecule has 86 valence electrons. The van der Waals surface area contributed by atoms with Gasteiger partial charge in [0.15, 0.2) is 0 Å². The molecule has 0 unspecified atom stereocenters. The standard InChI is InChI=1S/C12H22N2O/c1-9(2)6-14-11(15)12-5-3-4-10(12)7-13-8-12/h9-10,13H,3-8H2,1-2H3,(H,14,15)/t10-,12-/m1/s1. The fraction of sp³-hybridized carbons (Fsp3) is 0.917. The van der Waals surface area contributed by atoms with E-state index in [-0.39, 0.29) is 5.41 Å². The monoisotopic (exact) mass is 210 g/mol. The van der Waals surface area contributed by atoms with Gasteiger partial charge in [0.25, 0.3) is 0 Å². The predicted molar refractivity (Wildman–Crippen MR) is 60.5 cm³/mol. The lowest BCUT2D eigenvalue weighted by atomic mass is 9.80. The van der Waals surface area contributed by atoms with Crippen LogP contribution in [0.5, 0.6) is 0 Å². The highest BCUT2D eigenvalue weighted by Gasteiger charge is 2.51. The van der Waals surface area contributed by atoms with Gasteiger partial charge in [0, 0.05) is 13.1 Å². The van der Waals surface area contributed by atoms with Gasteiger partial charge < -0.3 is 10.6 Å². The minimum atomic E-state index is -0.0606. The van der Waals surface area contributed by atoms with Gasteiger partial charge in [0.2, 0.25) is 5.91 Å². The molecule has 15 heavy (non-hydrogen) atoms. The van der Waals surface area contributed by atoms with Crippen molar-refractivity contribution in [2.75, 3.05) is 19.6 Å². The van der Waals surface area contributed by atoms with Gasteiger partial charge in [-0.15, -0.1) is 0 Å². The Bertz CT molecular complexity index is 240. The smallest absolute Gasteiger partial charge is 0.227 e. The fourth-order valence-corrected chi connectivity index (χ4v) is 3.00. The van der Waals surface area contributed by atoms with Crippen molar-refractivity contribution in [2.45, 2.75) is 33.1 Å². The first kappa shape index (κ1) is 10.9. The normalized spacial score (nSPS) is 34.5. The third kappa shape index (κ3) is 1.89. The van der Waals surface area contributed by atoms with E-state index in [1.165, 1.54) is 12.8 Å². The lowest BCUT2D eigenvalue weighted by Crippen LogP contribution is -2.45. The molecule has 1 saturated carbocycles. The van der Waals surface area contributed by atoms with Crippen LogP contribution in [0.1, 0.15) is 33.1 Å². The molecule has 3 nitrogen and oxygen atoms in total. The minimum absolute atomic E-state index is 0.0606. The van der Waals surface area contributed by atoms with E-state index in [1.54, 1.807) is 0 Å². The molecule has 0 bridgehead atoms. The molecule has 0 aromatic heterocycles. The maximum atomic E-state index is 12.2. The summed E-state index contributed by atoms with van der Waals surface area (Å²) in [6.07, 6.45) is 3.53. The molecule has 1 heterocycles. The maximum absolute atomic E-state index is 12.2. The van der Waals surface area contributed by atoms with Crippen molar-refractivity contribution in [1.29, 1.82) is 0 Å². The van der Waals surface area contributed by atoms with Crippen LogP contribution >= 0.6 is 0 Å². The molecule has 0 aromatic carbocycles. The summed E-state index contributed by atoms with van der Waals surface area (Å²) in [5, 5.41) is 6.48. The molecule has 1 aliphatic heterocycles. The molecule has 1 aliphatic carbocycles. The Morgan fingerprint density at radius 1 is 1.60 bits per heavy atom. The maximum Gasteiger partial charge on any atom is 0.227 e. The summed E-state index contributed by atoms with van der Waals surface area (Å²) in [4.78, 5) is 12.2. The largest absolute Gasteiger partial charge is 0.355 e. The Balaban J connectivity index is 1.98. The van der Waals surface area contributed by atoms with Crippen molar-refractivity contribution in [3.63, 3.8) is 0 Å². The average molecular weight is 210 g/mol. The van der Waals surface area contributed by atoms with Crippen LogP contribution in [0.3, 0.4) is 0 Å². The van der Waals surface area contributed by atoms with Crippen LogP contribution in [0.4, 0.5) is 0 Å². The number of rotatable bonds is 3. The molecule has 2 N–H and O–H groups in total. The SMILES string of the molecule is CC(C)CNC(=O)[C@@]12CCC[C@@H]1CNC2. The summed E-state index contributed by atoms with van der Waals surface area (Å²) in [6, 6.07) is 0. The number of carbonyl (C=O) groups is 1. The average Bonchev–Trinajstić information content (AvgIpc) is 2.72. The molecular formula is C12H22N2O. The molecule has 1 saturated heterocycles. The molecule has 2 fully saturated rings. The molecule has 0 radical (unpaired) electrons. The molecule has 3 heteroatoms. The van der Waals surface area contributed by atoms with Crippen LogP contribution in [0.15, 0.2) is 0 Å². The second kappa shape index (κ2) is 4.12. The lowest BCUT2D eigenvalue weighted by Gasteiger charge is -2.27. The Hall–Kier alpha value is -0.570. The molecule has 1 amide bonds. The van der Waals surface area contributed by atoms with Crippen LogP contribution in [-0.2, 0) is 4.79 Å². The zero-order valence-electron chi connectivity index (χ0n) is 9.81. The zero-order chi connectivity index (χ0) is 10.9. The highest BCUT2D eigenvalue weighted by Crippen LogP contribution is 2.45. The van der Waals surface area contributed by atoms with E-state index in [4.69, 9.17) is 0 Å². The van der Waals surface area contributed by atoms with Crippen LogP contribution < -0.4 is 10.6 Å². The van der Waals surface area contributed by atoms with Gasteiger partial charge in [-0.25, -0.2) is 0 Å². The number of carbonyl (C=O) groups excluding carboxylic acids is 1. The van der Waals surface area contributed by atoms with E-state index < -0.39 is 0 Å². The quantitative estimate of drug-likeness (QED) is 0.733. The van der Waals surface area contributed by atoms with E-state index in [9.17, 15) is 4.79 Å². The summed E-state index contributed by atoms with van der Waals surface area (Å²) in [5.74, 6) is 1.42. The van der Waals surface area contributed by atoms with Crippen molar-refractivity contribution >= 4 is 5.91 Å². The van der Waals surface area contributed by atoms with Crippen molar-refractivity contribution in [2.24, 2.45) is 17.3 Å². The van der Waals surface area contributed by atoms with Gasteiger partial charge in [-0.1, -0.05) is 20.3 Å². The van der Waals surface area contributed by atoms with Crippen molar-refractivity contribution in [3.05, 3.63) is 0 Å². The minimum Gasteiger partial charge on any atom is -0.355 e. The number of hydrogen-bond acceptors (Lipinski definition) is 2. The van der Waals surface area contributed by atoms with Crippen molar-refractivity contribution < 1.29 is 4.79 Å². The van der Waals surface area contributed by atoms with Gasteiger partial charge in [-0.2, -0.15) is 0 Å². The Morgan fingerprint density at radius 2 is 2.40 bits per heavy atom. The number of fused-ring (bicyclic) bond motifs is 1. The first-order valence-corrected chi connectivity index (χ1v) is 6.14. The van der Waals surface area contributed by atoms with Crippen molar-refractivity contribution in [1.82, 2.24) is 10.6 Å². The van der Waals surface area contributed by atoms with Gasteiger partial charge in [0.1, 0.15) is 0 Å². The van der Waals surface area contributed by atoms with E-state index >= 15 is 0 Å². The summed E-state index contributed by atoms with van der Waals surface area (Å²) in [7, 11) is 0. The first-order valence-electron chi connectivity index (χ1n) is 6.14. The van der Waals surface area contributed by atoms with E-state index in [0.717, 1.165) is 26.1 Å². The summed E-state index contributed by atoms with van der Waals surface area (Å²) < 4.78 is 0. The van der Waals surface area contributed by atoms with Gasteiger partial charge in [-0.3, -0.25) is 4.79 Å². The molecule has 0 spiro atoms. The second-order valence-electron chi connectivity index (χ2n) is 5.48. The Morgan fingerprint density at radius 3 is 3.13 bits per heavy atom. The van der Waals surface area contributed by atoms with E-state index in [2.05, 4.69) is 24.5 Å². The lowest BCUT2D eigenvalue weighted by molar-refractivity contribution is -0.131. The van der Waals surface area contributed by atoms with Crippen LogP contribution in [0.2, 0.25) is 0 Å². The fourth-order valence-electron chi connectivity index (χ4n) is 3.00. The molecule has 2 aliphatic rings. The highest BCUT2D eigenvalue weighted by molar-refractivity contribution is 5.84. The summed E-state index contributed by atoms with van der Waals surface area (Å²) in [6.45, 7) is 7.01. The van der Waals surface area contributed by atoms with Crippen LogP contribution in [0.25, 0.3) is 0 Å². The van der Waals surface area contributed by atoms with Crippen LogP contribution in [-0.4, -0.2) is 25.5 Å². The summed E-state index contributed by atoms with van der Waals surface area (Å²) >= 11 is 0. The topological polar surface area (TPSA) is 41.1 Å². The van der Waals surface area contributed by atoms with E-state index in [0.29, 0.717) is 17.7 Å². The molecular weight excluding hydrogens is 188 g/mol. The van der Waals surface area contributed by atoms with Gasteiger partial charge in [-0.05, 0) is 31.2 Å². The van der Waals surface area contributed by atoms with Crippen LogP contribution in [0, 0.1) is 17.3 Å². The highest BCUT2D eigenvalue weighted by atomic mass is 16.2. The molecule has 0 aromatic rings. The third-order valence-electron chi connectivity index (χ3n) is 3.91. The predicted octanol–water partition coefficient (Wildman–Crippen LogP) is 1.15. The summed E-state index contributed by atoms with van der Waals surface area (Å²) in [5.41, 5.74) is -0.0606. The van der Waals surface area contributed by atoms with Gasteiger partial charge in [0.05, 0.1) is 5.41 Å². The van der Waals surface area contributed by atoms with Gasteiger partial charge >= 0.3 is 0 Å². The second-order valence-corrected chi connectivity index (χ2v) is 5.48.